The van der Waals surface area contributed by atoms with E-state index in [4.69, 9.17) is 11.6 Å². The number of carbonyl (C=O) groups excluding carboxylic acids is 3. The number of aromatic nitrogens is 2. The van der Waals surface area contributed by atoms with E-state index < -0.39 is 11.8 Å². The van der Waals surface area contributed by atoms with E-state index in [1.165, 1.54) is 11.3 Å². The number of rotatable bonds is 7. The fraction of sp³-hybridized carbons (Fsp3) is 0.346. The highest BCUT2D eigenvalue weighted by molar-refractivity contribution is 7.19. The summed E-state index contributed by atoms with van der Waals surface area (Å²) >= 11 is 7.57. The minimum absolute atomic E-state index is 0.0254. The Balaban J connectivity index is 1.46. The van der Waals surface area contributed by atoms with Gasteiger partial charge in [-0.05, 0) is 61.6 Å². The molecule has 1 fully saturated rings. The zero-order chi connectivity index (χ0) is 23.7. The zero-order valence-corrected chi connectivity index (χ0v) is 20.4. The molecule has 4 rings (SSSR count). The van der Waals surface area contributed by atoms with Crippen molar-refractivity contribution in [1.29, 1.82) is 0 Å². The molecule has 0 aliphatic heterocycles. The lowest BCUT2D eigenvalue weighted by Crippen LogP contribution is -2.19. The second-order valence-corrected chi connectivity index (χ2v) is 10.4. The van der Waals surface area contributed by atoms with Crippen LogP contribution in [0.4, 0.5) is 0 Å². The fourth-order valence-electron chi connectivity index (χ4n) is 4.57. The molecule has 0 radical (unpaired) electrons. The van der Waals surface area contributed by atoms with Crippen LogP contribution >= 0.6 is 22.9 Å². The first kappa shape index (κ1) is 23.5. The number of nitrogens with zero attached hydrogens (tertiary/aromatic N) is 2. The van der Waals surface area contributed by atoms with Crippen LogP contribution in [-0.2, 0) is 20.8 Å². The number of aryl methyl sites for hydroxylation is 4. The molecule has 170 valence electrons. The molecule has 1 aromatic carbocycles. The lowest BCUT2D eigenvalue weighted by molar-refractivity contribution is -0.127. The molecule has 0 N–H and O–H groups in total. The molecular formula is C26H25ClN2O3S. The first-order chi connectivity index (χ1) is 15.7. The Labute approximate surface area is 202 Å². The average molecular weight is 481 g/mol. The summed E-state index contributed by atoms with van der Waals surface area (Å²) in [6, 6.07) is 7.84. The molecule has 2 atom stereocenters. The molecule has 0 saturated heterocycles. The number of carbonyl (C=O) groups is 3. The average Bonchev–Trinajstić information content (AvgIpc) is 3.31. The lowest BCUT2D eigenvalue weighted by Gasteiger charge is -2.17. The summed E-state index contributed by atoms with van der Waals surface area (Å²) < 4.78 is 0.715. The van der Waals surface area contributed by atoms with Crippen LogP contribution < -0.4 is 0 Å². The standard InChI is InChI=1S/C26H25ClN2O3S/c1-14-8-17(22-6-7-23(27)33-22)9-15(2)24(14)25-21(31)11-18(26(25)32)10-20(30)5-4-19-13-28-16(3)12-29-19/h6-9,12-13,18,25H,4-5,10-11H2,1-3H3. The molecule has 2 aromatic heterocycles. The van der Waals surface area contributed by atoms with Crippen molar-refractivity contribution < 1.29 is 14.4 Å². The minimum atomic E-state index is -0.785. The van der Waals surface area contributed by atoms with Crippen LogP contribution in [0.3, 0.4) is 0 Å². The number of ketones is 3. The van der Waals surface area contributed by atoms with Gasteiger partial charge in [0.05, 0.1) is 15.7 Å². The molecule has 2 unspecified atom stereocenters. The van der Waals surface area contributed by atoms with E-state index in [0.717, 1.165) is 38.5 Å². The van der Waals surface area contributed by atoms with Gasteiger partial charge in [-0.3, -0.25) is 24.4 Å². The molecule has 1 aliphatic rings. The van der Waals surface area contributed by atoms with Crippen molar-refractivity contribution in [2.75, 3.05) is 0 Å². The highest BCUT2D eigenvalue weighted by Crippen LogP contribution is 2.40. The van der Waals surface area contributed by atoms with Gasteiger partial charge in [-0.1, -0.05) is 23.7 Å². The SMILES string of the molecule is Cc1cnc(CCC(=O)CC2CC(=O)C(c3c(C)cc(-c4ccc(Cl)s4)cc3C)C2=O)cn1. The fourth-order valence-corrected chi connectivity index (χ4v) is 5.60. The van der Waals surface area contributed by atoms with Gasteiger partial charge in [0.1, 0.15) is 17.5 Å². The quantitative estimate of drug-likeness (QED) is 0.410. The van der Waals surface area contributed by atoms with Crippen molar-refractivity contribution in [2.45, 2.75) is 52.4 Å². The molecule has 7 heteroatoms. The van der Waals surface area contributed by atoms with Gasteiger partial charge in [-0.25, -0.2) is 0 Å². The van der Waals surface area contributed by atoms with E-state index in [2.05, 4.69) is 9.97 Å². The maximum atomic E-state index is 13.2. The summed E-state index contributed by atoms with van der Waals surface area (Å²) in [6.45, 7) is 5.72. The summed E-state index contributed by atoms with van der Waals surface area (Å²) in [5, 5.41) is 0. The van der Waals surface area contributed by atoms with Gasteiger partial charge >= 0.3 is 0 Å². The molecule has 5 nitrogen and oxygen atoms in total. The highest BCUT2D eigenvalue weighted by Gasteiger charge is 2.43. The summed E-state index contributed by atoms with van der Waals surface area (Å²) in [6.07, 6.45) is 4.34. The van der Waals surface area contributed by atoms with E-state index in [1.807, 2.05) is 45.0 Å². The third-order valence-electron chi connectivity index (χ3n) is 6.17. The Kier molecular flexibility index (Phi) is 6.86. The zero-order valence-electron chi connectivity index (χ0n) is 18.9. The van der Waals surface area contributed by atoms with Crippen molar-refractivity contribution in [3.05, 3.63) is 69.1 Å². The Morgan fingerprint density at radius 3 is 2.42 bits per heavy atom. The maximum Gasteiger partial charge on any atom is 0.151 e. The van der Waals surface area contributed by atoms with E-state index in [-0.39, 0.29) is 36.6 Å². The Hall–Kier alpha value is -2.70. The van der Waals surface area contributed by atoms with Crippen LogP contribution in [0, 0.1) is 26.7 Å². The first-order valence-corrected chi connectivity index (χ1v) is 12.1. The van der Waals surface area contributed by atoms with Gasteiger partial charge in [0.15, 0.2) is 5.78 Å². The second kappa shape index (κ2) is 9.65. The summed E-state index contributed by atoms with van der Waals surface area (Å²) in [5.41, 5.74) is 5.19. The largest absolute Gasteiger partial charge is 0.300 e. The van der Waals surface area contributed by atoms with Crippen molar-refractivity contribution in [1.82, 2.24) is 9.97 Å². The van der Waals surface area contributed by atoms with Crippen molar-refractivity contribution in [2.24, 2.45) is 5.92 Å². The monoisotopic (exact) mass is 480 g/mol. The predicted molar refractivity (Wildman–Crippen MR) is 130 cm³/mol. The van der Waals surface area contributed by atoms with Gasteiger partial charge < -0.3 is 0 Å². The van der Waals surface area contributed by atoms with E-state index in [9.17, 15) is 14.4 Å². The molecule has 1 aliphatic carbocycles. The van der Waals surface area contributed by atoms with Crippen LogP contribution in [-0.4, -0.2) is 27.3 Å². The van der Waals surface area contributed by atoms with Crippen LogP contribution in [0.25, 0.3) is 10.4 Å². The van der Waals surface area contributed by atoms with E-state index >= 15 is 0 Å². The second-order valence-electron chi connectivity index (χ2n) is 8.72. The number of hydrogen-bond donors (Lipinski definition) is 0. The Morgan fingerprint density at radius 1 is 1.09 bits per heavy atom. The maximum absolute atomic E-state index is 13.2. The number of thiophene rings is 1. The van der Waals surface area contributed by atoms with Gasteiger partial charge in [-0.15, -0.1) is 11.3 Å². The van der Waals surface area contributed by atoms with Gasteiger partial charge in [0, 0.05) is 42.5 Å². The number of halogens is 1. The molecule has 33 heavy (non-hydrogen) atoms. The molecule has 3 aromatic rings. The third-order valence-corrected chi connectivity index (χ3v) is 7.45. The Morgan fingerprint density at radius 2 is 1.82 bits per heavy atom. The van der Waals surface area contributed by atoms with Crippen LogP contribution in [0.1, 0.15) is 53.3 Å². The smallest absolute Gasteiger partial charge is 0.151 e. The summed E-state index contributed by atoms with van der Waals surface area (Å²) in [4.78, 5) is 48.2. The van der Waals surface area contributed by atoms with Crippen molar-refractivity contribution in [3.63, 3.8) is 0 Å². The van der Waals surface area contributed by atoms with Crippen molar-refractivity contribution in [3.8, 4) is 10.4 Å². The van der Waals surface area contributed by atoms with Crippen molar-refractivity contribution >= 4 is 40.3 Å². The van der Waals surface area contributed by atoms with Gasteiger partial charge in [0.2, 0.25) is 0 Å². The normalized spacial score (nSPS) is 18.2. The molecule has 1 saturated carbocycles. The number of benzene rings is 1. The van der Waals surface area contributed by atoms with Crippen LogP contribution in [0.15, 0.2) is 36.7 Å². The van der Waals surface area contributed by atoms with Crippen LogP contribution in [0.5, 0.6) is 0 Å². The first-order valence-electron chi connectivity index (χ1n) is 11.0. The number of Topliss-reactive ketones (excluding diaryl/α,β-unsaturated/α-hetero) is 3. The minimum Gasteiger partial charge on any atom is -0.300 e. The number of hydrogen-bond acceptors (Lipinski definition) is 6. The summed E-state index contributed by atoms with van der Waals surface area (Å²) in [7, 11) is 0. The van der Waals surface area contributed by atoms with Gasteiger partial charge in [0.25, 0.3) is 0 Å². The molecule has 0 bridgehead atoms. The molecule has 0 amide bonds. The topological polar surface area (TPSA) is 77.0 Å². The summed E-state index contributed by atoms with van der Waals surface area (Å²) in [5.74, 6) is -1.59. The Bertz CT molecular complexity index is 1210. The van der Waals surface area contributed by atoms with E-state index in [0.29, 0.717) is 10.8 Å². The van der Waals surface area contributed by atoms with E-state index in [1.54, 1.807) is 12.4 Å². The molecule has 2 heterocycles. The van der Waals surface area contributed by atoms with Crippen LogP contribution in [0.2, 0.25) is 4.34 Å². The van der Waals surface area contributed by atoms with Gasteiger partial charge in [-0.2, -0.15) is 0 Å². The molecular weight excluding hydrogens is 456 g/mol. The predicted octanol–water partition coefficient (Wildman–Crippen LogP) is 5.62. The third kappa shape index (κ3) is 5.12. The highest BCUT2D eigenvalue weighted by atomic mass is 35.5. The lowest BCUT2D eigenvalue weighted by atomic mass is 9.85. The molecule has 0 spiro atoms.